The molecule has 3 aromatic heterocycles. The van der Waals surface area contributed by atoms with Gasteiger partial charge in [0.05, 0.1) is 33.5 Å². The first-order valence-electron chi connectivity index (χ1n) is 19.0. The second-order valence-corrected chi connectivity index (χ2v) is 14.4. The van der Waals surface area contributed by atoms with Gasteiger partial charge in [0, 0.05) is 43.6 Å². The zero-order valence-electron chi connectivity index (χ0n) is 30.2. The van der Waals surface area contributed by atoms with Crippen LogP contribution >= 0.6 is 0 Å². The molecule has 0 atom stereocenters. The van der Waals surface area contributed by atoms with E-state index in [4.69, 9.17) is 8.83 Å². The predicted octanol–water partition coefficient (Wildman–Crippen LogP) is 14.9. The van der Waals surface area contributed by atoms with Crippen LogP contribution in [0.15, 0.2) is 203 Å². The second-order valence-electron chi connectivity index (χ2n) is 14.4. The average Bonchev–Trinajstić information content (AvgIpc) is 3.95. The molecule has 0 aliphatic rings. The number of benzene rings is 9. The highest BCUT2D eigenvalue weighted by Gasteiger charge is 2.24. The Morgan fingerprint density at radius 3 is 1.80 bits per heavy atom. The maximum Gasteiger partial charge on any atom is 0.143 e. The number of hydrogen-bond acceptors (Lipinski definition) is 3. The topological polar surface area (TPSA) is 34.5 Å². The number of furan rings is 2. The number of fused-ring (bicyclic) bond motifs is 11. The van der Waals surface area contributed by atoms with Crippen molar-refractivity contribution in [1.82, 2.24) is 4.57 Å². The van der Waals surface area contributed by atoms with E-state index in [1.165, 1.54) is 10.8 Å². The van der Waals surface area contributed by atoms with Crippen molar-refractivity contribution >= 4 is 93.5 Å². The van der Waals surface area contributed by atoms with Gasteiger partial charge in [0.25, 0.3) is 0 Å². The summed E-state index contributed by atoms with van der Waals surface area (Å²) in [5.74, 6) is 0. The summed E-state index contributed by atoms with van der Waals surface area (Å²) in [6, 6.07) is 69.0. The fourth-order valence-corrected chi connectivity index (χ4v) is 8.92. The maximum atomic E-state index is 6.75. The number of aromatic nitrogens is 1. The minimum Gasteiger partial charge on any atom is -0.455 e. The summed E-state index contributed by atoms with van der Waals surface area (Å²) in [5, 5.41) is 9.12. The van der Waals surface area contributed by atoms with E-state index in [1.807, 2.05) is 12.1 Å². The van der Waals surface area contributed by atoms with Crippen molar-refractivity contribution in [2.75, 3.05) is 4.90 Å². The first-order chi connectivity index (χ1) is 27.8. The fourth-order valence-electron chi connectivity index (χ4n) is 8.92. The van der Waals surface area contributed by atoms with Gasteiger partial charge in [-0.25, -0.2) is 0 Å². The molecule has 0 saturated carbocycles. The molecule has 0 aliphatic carbocycles. The predicted molar refractivity (Wildman–Crippen MR) is 233 cm³/mol. The molecule has 3 heterocycles. The summed E-state index contributed by atoms with van der Waals surface area (Å²) < 4.78 is 15.6. The monoisotopic (exact) mass is 716 g/mol. The van der Waals surface area contributed by atoms with Gasteiger partial charge < -0.3 is 18.3 Å². The molecule has 9 aromatic carbocycles. The highest BCUT2D eigenvalue weighted by atomic mass is 16.3. The van der Waals surface area contributed by atoms with E-state index in [1.54, 1.807) is 0 Å². The zero-order chi connectivity index (χ0) is 36.7. The molecule has 0 radical (unpaired) electrons. The van der Waals surface area contributed by atoms with Gasteiger partial charge in [0.2, 0.25) is 0 Å². The molecule has 0 unspecified atom stereocenters. The number of anilines is 3. The summed E-state index contributed by atoms with van der Waals surface area (Å²) in [7, 11) is 0. The van der Waals surface area contributed by atoms with Gasteiger partial charge in [0.15, 0.2) is 0 Å². The molecule has 0 aliphatic heterocycles. The molecule has 0 spiro atoms. The number of hydrogen-bond donors (Lipinski definition) is 0. The quantitative estimate of drug-likeness (QED) is 0.178. The molecule has 262 valence electrons. The van der Waals surface area contributed by atoms with E-state index >= 15 is 0 Å². The van der Waals surface area contributed by atoms with Crippen molar-refractivity contribution < 1.29 is 8.83 Å². The summed E-state index contributed by atoms with van der Waals surface area (Å²) in [4.78, 5) is 2.40. The summed E-state index contributed by atoms with van der Waals surface area (Å²) in [6.07, 6.45) is 0. The van der Waals surface area contributed by atoms with Crippen molar-refractivity contribution in [3.63, 3.8) is 0 Å². The Balaban J connectivity index is 1.12. The van der Waals surface area contributed by atoms with Gasteiger partial charge in [-0.05, 0) is 71.6 Å². The SMILES string of the molecule is c1ccc(-n2c3ccccc3c3ccccc32)c(N(c2ccc(-c3cccc4c3oc3ccccc34)cc2)c2cccc3oc4c5ccccc5ccc4c23)c1. The lowest BCUT2D eigenvalue weighted by Crippen LogP contribution is -2.13. The van der Waals surface area contributed by atoms with Crippen LogP contribution in [0, 0.1) is 0 Å². The molecule has 4 nitrogen and oxygen atoms in total. The van der Waals surface area contributed by atoms with Crippen LogP contribution < -0.4 is 4.90 Å². The van der Waals surface area contributed by atoms with Crippen LogP contribution in [0.3, 0.4) is 0 Å². The average molecular weight is 717 g/mol. The second kappa shape index (κ2) is 12.0. The van der Waals surface area contributed by atoms with E-state index in [2.05, 4.69) is 191 Å². The third kappa shape index (κ3) is 4.47. The number of rotatable bonds is 5. The first-order valence-corrected chi connectivity index (χ1v) is 19.0. The van der Waals surface area contributed by atoms with Gasteiger partial charge in [-0.15, -0.1) is 0 Å². The van der Waals surface area contributed by atoms with Crippen molar-refractivity contribution in [2.24, 2.45) is 0 Å². The van der Waals surface area contributed by atoms with Crippen molar-refractivity contribution in [1.29, 1.82) is 0 Å². The molecule has 0 saturated heterocycles. The Morgan fingerprint density at radius 2 is 0.982 bits per heavy atom. The smallest absolute Gasteiger partial charge is 0.143 e. The van der Waals surface area contributed by atoms with Crippen molar-refractivity contribution in [3.05, 3.63) is 194 Å². The van der Waals surface area contributed by atoms with Crippen LogP contribution in [0.4, 0.5) is 17.1 Å². The summed E-state index contributed by atoms with van der Waals surface area (Å²) in [5.41, 5.74) is 12.2. The lowest BCUT2D eigenvalue weighted by Gasteiger charge is -2.29. The summed E-state index contributed by atoms with van der Waals surface area (Å²) in [6.45, 7) is 0. The molecule has 0 amide bonds. The number of para-hydroxylation sites is 6. The molecule has 0 N–H and O–H groups in total. The van der Waals surface area contributed by atoms with E-state index in [-0.39, 0.29) is 0 Å². The summed E-state index contributed by atoms with van der Waals surface area (Å²) >= 11 is 0. The van der Waals surface area contributed by atoms with Crippen LogP contribution in [-0.2, 0) is 0 Å². The van der Waals surface area contributed by atoms with E-state index in [0.29, 0.717) is 0 Å². The Bertz CT molecular complexity index is 3440. The number of nitrogens with zero attached hydrogens (tertiary/aromatic N) is 2. The Kier molecular flexibility index (Phi) is 6.60. The third-order valence-electron chi connectivity index (χ3n) is 11.4. The van der Waals surface area contributed by atoms with Crippen LogP contribution in [0.25, 0.3) is 93.3 Å². The largest absolute Gasteiger partial charge is 0.455 e. The van der Waals surface area contributed by atoms with Crippen LogP contribution in [-0.4, -0.2) is 4.57 Å². The van der Waals surface area contributed by atoms with E-state index < -0.39 is 0 Å². The molecule has 0 fully saturated rings. The molecule has 12 rings (SSSR count). The fraction of sp³-hybridized carbons (Fsp3) is 0. The van der Waals surface area contributed by atoms with Crippen LogP contribution in [0.2, 0.25) is 0 Å². The molecule has 56 heavy (non-hydrogen) atoms. The molecule has 0 bridgehead atoms. The molecule has 4 heteroatoms. The molecule has 12 aromatic rings. The Hall–Kier alpha value is -7.56. The van der Waals surface area contributed by atoms with Crippen molar-refractivity contribution in [3.8, 4) is 16.8 Å². The highest BCUT2D eigenvalue weighted by molar-refractivity contribution is 6.20. The minimum atomic E-state index is 0.849. The van der Waals surface area contributed by atoms with E-state index in [0.717, 1.165) is 99.6 Å². The van der Waals surface area contributed by atoms with Crippen LogP contribution in [0.1, 0.15) is 0 Å². The highest BCUT2D eigenvalue weighted by Crippen LogP contribution is 2.47. The van der Waals surface area contributed by atoms with Gasteiger partial charge >= 0.3 is 0 Å². The van der Waals surface area contributed by atoms with Gasteiger partial charge in [-0.3, -0.25) is 0 Å². The minimum absolute atomic E-state index is 0.849. The normalized spacial score (nSPS) is 11.9. The Labute approximate surface area is 321 Å². The lowest BCUT2D eigenvalue weighted by molar-refractivity contribution is 0.670. The standard InChI is InChI=1S/C52H32N2O2/c1-2-14-36-33(13-1)29-32-42-50-47(24-12-26-49(50)56-52(36)42)53(35-30-27-34(28-31-35)37-18-11-19-41-40-17-5-10-25-48(40)55-51(37)41)45-22-8-9-23-46(45)54-43-20-6-3-15-38(43)39-16-4-7-21-44(39)54/h1-32H. The maximum absolute atomic E-state index is 6.75. The first kappa shape index (κ1) is 30.9. The van der Waals surface area contributed by atoms with Gasteiger partial charge in [-0.1, -0.05) is 133 Å². The van der Waals surface area contributed by atoms with Gasteiger partial charge in [0.1, 0.15) is 22.3 Å². The molecular formula is C52H32N2O2. The third-order valence-corrected chi connectivity index (χ3v) is 11.4. The Morgan fingerprint density at radius 1 is 0.375 bits per heavy atom. The van der Waals surface area contributed by atoms with Gasteiger partial charge in [-0.2, -0.15) is 0 Å². The molecular weight excluding hydrogens is 685 g/mol. The van der Waals surface area contributed by atoms with Crippen LogP contribution in [0.5, 0.6) is 0 Å². The van der Waals surface area contributed by atoms with Crippen molar-refractivity contribution in [2.45, 2.75) is 0 Å². The zero-order valence-corrected chi connectivity index (χ0v) is 30.2. The van der Waals surface area contributed by atoms with E-state index in [9.17, 15) is 0 Å². The lowest BCUT2D eigenvalue weighted by atomic mass is 10.0.